The lowest BCUT2D eigenvalue weighted by atomic mass is 9.95. The van der Waals surface area contributed by atoms with E-state index in [-0.39, 0.29) is 18.6 Å². The standard InChI is InChI=1S/C12H21NO4/c1-3-8-4-9(10(5-8)12(16)17)11(15)13-7(2)6-14/h7-10,14H,3-6H2,1-2H3,(H,13,15)(H,16,17)/t7-,8?,9?,10?/m0/s1. The molecule has 0 aromatic carbocycles. The van der Waals surface area contributed by atoms with Crippen LogP contribution in [-0.4, -0.2) is 34.7 Å². The minimum atomic E-state index is -0.891. The zero-order valence-corrected chi connectivity index (χ0v) is 10.3. The second-order valence-corrected chi connectivity index (χ2v) is 4.89. The maximum atomic E-state index is 11.9. The molecule has 1 saturated carbocycles. The summed E-state index contributed by atoms with van der Waals surface area (Å²) in [7, 11) is 0. The van der Waals surface area contributed by atoms with E-state index in [0.29, 0.717) is 18.8 Å². The third kappa shape index (κ3) is 3.43. The zero-order valence-electron chi connectivity index (χ0n) is 10.3. The van der Waals surface area contributed by atoms with Crippen LogP contribution in [-0.2, 0) is 9.59 Å². The van der Waals surface area contributed by atoms with Gasteiger partial charge in [0.05, 0.1) is 18.4 Å². The third-order valence-corrected chi connectivity index (χ3v) is 3.55. The number of carbonyl (C=O) groups excluding carboxylic acids is 1. The molecule has 3 unspecified atom stereocenters. The molecular formula is C12H21NO4. The smallest absolute Gasteiger partial charge is 0.307 e. The molecule has 0 aliphatic heterocycles. The van der Waals surface area contributed by atoms with E-state index in [2.05, 4.69) is 5.32 Å². The lowest BCUT2D eigenvalue weighted by Gasteiger charge is -2.18. The molecule has 1 aliphatic rings. The normalized spacial score (nSPS) is 29.9. The minimum absolute atomic E-state index is 0.132. The molecule has 0 heterocycles. The van der Waals surface area contributed by atoms with Crippen LogP contribution in [0.15, 0.2) is 0 Å². The Morgan fingerprint density at radius 2 is 1.94 bits per heavy atom. The summed E-state index contributed by atoms with van der Waals surface area (Å²) < 4.78 is 0. The fourth-order valence-corrected chi connectivity index (χ4v) is 2.43. The maximum absolute atomic E-state index is 11.9. The van der Waals surface area contributed by atoms with Crippen molar-refractivity contribution in [2.45, 2.75) is 39.2 Å². The summed E-state index contributed by atoms with van der Waals surface area (Å²) in [4.78, 5) is 23.0. The minimum Gasteiger partial charge on any atom is -0.481 e. The topological polar surface area (TPSA) is 86.6 Å². The molecule has 1 rings (SSSR count). The lowest BCUT2D eigenvalue weighted by molar-refractivity contribution is -0.146. The molecule has 1 aliphatic carbocycles. The van der Waals surface area contributed by atoms with E-state index in [4.69, 9.17) is 10.2 Å². The molecule has 0 aromatic rings. The summed E-state index contributed by atoms with van der Waals surface area (Å²) in [5, 5.41) is 20.6. The van der Waals surface area contributed by atoms with Gasteiger partial charge in [0, 0.05) is 6.04 Å². The van der Waals surface area contributed by atoms with Crippen molar-refractivity contribution in [3.63, 3.8) is 0 Å². The summed E-state index contributed by atoms with van der Waals surface area (Å²) in [6.07, 6.45) is 2.12. The van der Waals surface area contributed by atoms with Crippen molar-refractivity contribution in [1.29, 1.82) is 0 Å². The highest BCUT2D eigenvalue weighted by molar-refractivity contribution is 5.85. The number of nitrogens with one attached hydrogen (secondary N) is 1. The maximum Gasteiger partial charge on any atom is 0.307 e. The van der Waals surface area contributed by atoms with Crippen LogP contribution in [0.4, 0.5) is 0 Å². The Hall–Kier alpha value is -1.10. The molecule has 0 bridgehead atoms. The molecule has 98 valence electrons. The number of aliphatic carboxylic acids is 1. The molecule has 5 nitrogen and oxygen atoms in total. The van der Waals surface area contributed by atoms with Crippen molar-refractivity contribution < 1.29 is 19.8 Å². The number of amides is 1. The number of carboxylic acids is 1. The van der Waals surface area contributed by atoms with Crippen LogP contribution < -0.4 is 5.32 Å². The predicted molar refractivity (Wildman–Crippen MR) is 62.3 cm³/mol. The molecule has 3 N–H and O–H groups in total. The number of aliphatic hydroxyl groups excluding tert-OH is 1. The fraction of sp³-hybridized carbons (Fsp3) is 0.833. The van der Waals surface area contributed by atoms with Crippen LogP contribution in [0.1, 0.15) is 33.1 Å². The van der Waals surface area contributed by atoms with Gasteiger partial charge in [0.2, 0.25) is 5.91 Å². The molecule has 5 heteroatoms. The molecule has 17 heavy (non-hydrogen) atoms. The zero-order chi connectivity index (χ0) is 13.0. The van der Waals surface area contributed by atoms with Crippen LogP contribution in [0.3, 0.4) is 0 Å². The van der Waals surface area contributed by atoms with Crippen LogP contribution >= 0.6 is 0 Å². The molecule has 4 atom stereocenters. The molecule has 0 saturated heterocycles. The van der Waals surface area contributed by atoms with Gasteiger partial charge in [-0.2, -0.15) is 0 Å². The van der Waals surface area contributed by atoms with Crippen LogP contribution in [0.25, 0.3) is 0 Å². The first-order chi connectivity index (χ1) is 7.99. The average Bonchev–Trinajstić information content (AvgIpc) is 2.72. The highest BCUT2D eigenvalue weighted by atomic mass is 16.4. The summed E-state index contributed by atoms with van der Waals surface area (Å²) in [5.41, 5.74) is 0. The van der Waals surface area contributed by atoms with E-state index in [1.165, 1.54) is 0 Å². The van der Waals surface area contributed by atoms with E-state index in [0.717, 1.165) is 6.42 Å². The average molecular weight is 243 g/mol. The van der Waals surface area contributed by atoms with E-state index < -0.39 is 17.8 Å². The summed E-state index contributed by atoms with van der Waals surface area (Å²) >= 11 is 0. The number of rotatable bonds is 5. The Labute approximate surface area is 101 Å². The second-order valence-electron chi connectivity index (χ2n) is 4.89. The van der Waals surface area contributed by atoms with Crippen LogP contribution in [0.2, 0.25) is 0 Å². The molecule has 0 aromatic heterocycles. The van der Waals surface area contributed by atoms with Crippen molar-refractivity contribution in [2.75, 3.05) is 6.61 Å². The third-order valence-electron chi connectivity index (χ3n) is 3.55. The molecule has 1 amide bonds. The number of carbonyl (C=O) groups is 2. The van der Waals surface area contributed by atoms with E-state index >= 15 is 0 Å². The monoisotopic (exact) mass is 243 g/mol. The molecule has 0 spiro atoms. The van der Waals surface area contributed by atoms with Gasteiger partial charge in [-0.1, -0.05) is 13.3 Å². The number of carboxylic acid groups (broad SMARTS) is 1. The Kier molecular flexibility index (Phi) is 4.93. The van der Waals surface area contributed by atoms with Crippen molar-refractivity contribution in [3.8, 4) is 0 Å². The SMILES string of the molecule is CCC1CC(C(=O)O)C(C(=O)N[C@@H](C)CO)C1. The van der Waals surface area contributed by atoms with Gasteiger partial charge >= 0.3 is 5.97 Å². The Morgan fingerprint density at radius 3 is 2.41 bits per heavy atom. The number of aliphatic hydroxyl groups is 1. The first-order valence-corrected chi connectivity index (χ1v) is 6.13. The van der Waals surface area contributed by atoms with Gasteiger partial charge in [0.1, 0.15) is 0 Å². The van der Waals surface area contributed by atoms with Crippen LogP contribution in [0, 0.1) is 17.8 Å². The van der Waals surface area contributed by atoms with Crippen molar-refractivity contribution in [2.24, 2.45) is 17.8 Å². The van der Waals surface area contributed by atoms with Gasteiger partial charge in [0.15, 0.2) is 0 Å². The van der Waals surface area contributed by atoms with Gasteiger partial charge in [0.25, 0.3) is 0 Å². The summed E-state index contributed by atoms with van der Waals surface area (Å²) in [6.45, 7) is 3.58. The van der Waals surface area contributed by atoms with Crippen molar-refractivity contribution in [3.05, 3.63) is 0 Å². The quantitative estimate of drug-likeness (QED) is 0.660. The van der Waals surface area contributed by atoms with E-state index in [1.807, 2.05) is 6.92 Å². The van der Waals surface area contributed by atoms with Gasteiger partial charge in [-0.3, -0.25) is 9.59 Å². The number of hydrogen-bond acceptors (Lipinski definition) is 3. The molecule has 0 radical (unpaired) electrons. The Balaban J connectivity index is 2.66. The molecular weight excluding hydrogens is 222 g/mol. The van der Waals surface area contributed by atoms with Gasteiger partial charge in [-0.25, -0.2) is 0 Å². The summed E-state index contributed by atoms with van der Waals surface area (Å²) in [6, 6.07) is -0.322. The lowest BCUT2D eigenvalue weighted by Crippen LogP contribution is -2.41. The second kappa shape index (κ2) is 6.00. The van der Waals surface area contributed by atoms with E-state index in [9.17, 15) is 9.59 Å². The van der Waals surface area contributed by atoms with E-state index in [1.54, 1.807) is 6.92 Å². The Bertz CT molecular complexity index is 292. The largest absolute Gasteiger partial charge is 0.481 e. The highest BCUT2D eigenvalue weighted by Crippen LogP contribution is 2.38. The first kappa shape index (κ1) is 14.0. The first-order valence-electron chi connectivity index (χ1n) is 6.13. The van der Waals surface area contributed by atoms with Crippen molar-refractivity contribution >= 4 is 11.9 Å². The van der Waals surface area contributed by atoms with Gasteiger partial charge in [-0.15, -0.1) is 0 Å². The molecule has 1 fully saturated rings. The van der Waals surface area contributed by atoms with Crippen molar-refractivity contribution in [1.82, 2.24) is 5.32 Å². The fourth-order valence-electron chi connectivity index (χ4n) is 2.43. The summed E-state index contributed by atoms with van der Waals surface area (Å²) in [5.74, 6) is -1.85. The van der Waals surface area contributed by atoms with Crippen LogP contribution in [0.5, 0.6) is 0 Å². The van der Waals surface area contributed by atoms with Gasteiger partial charge < -0.3 is 15.5 Å². The van der Waals surface area contributed by atoms with Gasteiger partial charge in [-0.05, 0) is 25.7 Å². The Morgan fingerprint density at radius 1 is 1.35 bits per heavy atom. The predicted octanol–water partition coefficient (Wildman–Crippen LogP) is 0.620. The highest BCUT2D eigenvalue weighted by Gasteiger charge is 2.42. The number of hydrogen-bond donors (Lipinski definition) is 3.